The van der Waals surface area contributed by atoms with Crippen LogP contribution in [0.1, 0.15) is 20.8 Å². The number of carboxylic acids is 1. The highest BCUT2D eigenvalue weighted by Crippen LogP contribution is 2.20. The van der Waals surface area contributed by atoms with Gasteiger partial charge in [0.25, 0.3) is 0 Å². The number of hydrogen-bond donors (Lipinski definition) is 2. The summed E-state index contributed by atoms with van der Waals surface area (Å²) < 4.78 is 0. The van der Waals surface area contributed by atoms with E-state index < -0.39 is 12.0 Å². The number of rotatable bonds is 4. The van der Waals surface area contributed by atoms with Crippen molar-refractivity contribution in [2.75, 3.05) is 27.2 Å². The highest BCUT2D eigenvalue weighted by Gasteiger charge is 2.35. The number of carbonyl (C=O) groups is 2. The molecule has 1 aliphatic heterocycles. The molecule has 19 heavy (non-hydrogen) atoms. The summed E-state index contributed by atoms with van der Waals surface area (Å²) in [5.74, 6) is -0.728. The lowest BCUT2D eigenvalue weighted by atomic mass is 10.1. The summed E-state index contributed by atoms with van der Waals surface area (Å²) in [6.07, 6.45) is 0. The molecule has 0 saturated carbocycles. The van der Waals surface area contributed by atoms with Gasteiger partial charge in [-0.3, -0.25) is 0 Å². The Bertz CT molecular complexity index is 344. The molecule has 1 rings (SSSR count). The number of urea groups is 1. The van der Waals surface area contributed by atoms with Crippen molar-refractivity contribution < 1.29 is 14.7 Å². The first kappa shape index (κ1) is 15.8. The number of carbonyl (C=O) groups excluding carboxylic acids is 1. The van der Waals surface area contributed by atoms with Gasteiger partial charge in [0.05, 0.1) is 0 Å². The topological polar surface area (TPSA) is 72.9 Å². The second-order valence-corrected chi connectivity index (χ2v) is 5.92. The van der Waals surface area contributed by atoms with Crippen molar-refractivity contribution >= 4 is 12.0 Å². The third kappa shape index (κ3) is 3.83. The van der Waals surface area contributed by atoms with Crippen LogP contribution in [0, 0.1) is 11.8 Å². The summed E-state index contributed by atoms with van der Waals surface area (Å²) in [5, 5.41) is 11.7. The van der Waals surface area contributed by atoms with Gasteiger partial charge in [-0.2, -0.15) is 0 Å². The van der Waals surface area contributed by atoms with E-state index in [1.165, 1.54) is 0 Å². The second-order valence-electron chi connectivity index (χ2n) is 5.92. The van der Waals surface area contributed by atoms with Gasteiger partial charge in [-0.1, -0.05) is 20.8 Å². The van der Waals surface area contributed by atoms with E-state index in [-0.39, 0.29) is 11.9 Å². The van der Waals surface area contributed by atoms with Gasteiger partial charge in [-0.15, -0.1) is 0 Å². The molecule has 0 aromatic carbocycles. The number of hydrogen-bond acceptors (Lipinski definition) is 3. The van der Waals surface area contributed by atoms with E-state index in [1.54, 1.807) is 18.7 Å². The van der Waals surface area contributed by atoms with Gasteiger partial charge in [0.15, 0.2) is 0 Å². The molecule has 0 aliphatic carbocycles. The predicted octanol–water partition coefficient (Wildman–Crippen LogP) is 0.687. The average Bonchev–Trinajstić information content (AvgIpc) is 2.67. The Morgan fingerprint density at radius 3 is 2.26 bits per heavy atom. The van der Waals surface area contributed by atoms with Crippen molar-refractivity contribution in [3.8, 4) is 0 Å². The molecule has 6 heteroatoms. The van der Waals surface area contributed by atoms with E-state index in [1.807, 2.05) is 14.1 Å². The van der Waals surface area contributed by atoms with Gasteiger partial charge >= 0.3 is 12.0 Å². The Morgan fingerprint density at radius 2 is 1.89 bits per heavy atom. The minimum absolute atomic E-state index is 0.133. The molecule has 1 heterocycles. The van der Waals surface area contributed by atoms with E-state index >= 15 is 0 Å². The fourth-order valence-electron chi connectivity index (χ4n) is 2.53. The summed E-state index contributed by atoms with van der Waals surface area (Å²) in [6.45, 7) is 6.99. The molecule has 110 valence electrons. The number of nitrogens with zero attached hydrogens (tertiary/aromatic N) is 2. The maximum atomic E-state index is 12.1. The van der Waals surface area contributed by atoms with Gasteiger partial charge in [0, 0.05) is 19.1 Å². The molecule has 0 spiro atoms. The quantitative estimate of drug-likeness (QED) is 0.789. The Balaban J connectivity index is 2.62. The Kier molecular flexibility index (Phi) is 5.17. The van der Waals surface area contributed by atoms with E-state index in [2.05, 4.69) is 17.1 Å². The summed E-state index contributed by atoms with van der Waals surface area (Å²) in [5.41, 5.74) is 0. The largest absolute Gasteiger partial charge is 0.480 e. The Hall–Kier alpha value is -1.30. The predicted molar refractivity (Wildman–Crippen MR) is 73.0 cm³/mol. The van der Waals surface area contributed by atoms with E-state index in [4.69, 9.17) is 5.11 Å². The monoisotopic (exact) mass is 271 g/mol. The number of aliphatic carboxylic acids is 1. The van der Waals surface area contributed by atoms with Crippen LogP contribution in [0.2, 0.25) is 0 Å². The third-order valence-corrected chi connectivity index (χ3v) is 3.73. The Labute approximate surface area is 114 Å². The SMILES string of the molecule is CC1CN(C(=O)N[C@H](C(=O)O)C(C)C)CC1N(C)C. The fraction of sp³-hybridized carbons (Fsp3) is 0.846. The molecule has 3 atom stereocenters. The van der Waals surface area contributed by atoms with Crippen LogP contribution < -0.4 is 5.32 Å². The lowest BCUT2D eigenvalue weighted by Crippen LogP contribution is -2.50. The van der Waals surface area contributed by atoms with E-state index in [0.717, 1.165) is 0 Å². The van der Waals surface area contributed by atoms with Crippen molar-refractivity contribution in [2.24, 2.45) is 11.8 Å². The zero-order chi connectivity index (χ0) is 14.7. The molecule has 0 radical (unpaired) electrons. The molecule has 0 aromatic heterocycles. The number of nitrogens with one attached hydrogen (secondary N) is 1. The smallest absolute Gasteiger partial charge is 0.326 e. The molecular weight excluding hydrogens is 246 g/mol. The molecule has 1 saturated heterocycles. The first-order chi connectivity index (χ1) is 8.73. The minimum atomic E-state index is -0.986. The van der Waals surface area contributed by atoms with Crippen LogP contribution in [0.5, 0.6) is 0 Å². The summed E-state index contributed by atoms with van der Waals surface area (Å²) in [7, 11) is 3.99. The molecule has 0 bridgehead atoms. The van der Waals surface area contributed by atoms with E-state index in [0.29, 0.717) is 25.0 Å². The van der Waals surface area contributed by atoms with Crippen molar-refractivity contribution in [3.63, 3.8) is 0 Å². The minimum Gasteiger partial charge on any atom is -0.480 e. The standard InChI is InChI=1S/C13H25N3O3/c1-8(2)11(12(17)18)14-13(19)16-6-9(3)10(7-16)15(4)5/h8-11H,6-7H2,1-5H3,(H,14,19)(H,17,18)/t9?,10?,11-/m0/s1. The van der Waals surface area contributed by atoms with Crippen LogP contribution in [-0.2, 0) is 4.79 Å². The van der Waals surface area contributed by atoms with Gasteiger partial charge < -0.3 is 20.2 Å². The van der Waals surface area contributed by atoms with Crippen molar-refractivity contribution in [1.82, 2.24) is 15.1 Å². The van der Waals surface area contributed by atoms with Crippen LogP contribution >= 0.6 is 0 Å². The maximum absolute atomic E-state index is 12.1. The molecule has 1 aliphatic rings. The highest BCUT2D eigenvalue weighted by molar-refractivity contribution is 5.83. The molecule has 2 N–H and O–H groups in total. The van der Waals surface area contributed by atoms with Crippen molar-refractivity contribution in [2.45, 2.75) is 32.9 Å². The normalized spacial score (nSPS) is 24.9. The van der Waals surface area contributed by atoms with Crippen LogP contribution in [0.4, 0.5) is 4.79 Å². The second kappa shape index (κ2) is 6.23. The van der Waals surface area contributed by atoms with Crippen molar-refractivity contribution in [1.29, 1.82) is 0 Å². The molecule has 0 aromatic rings. The molecular formula is C13H25N3O3. The van der Waals surface area contributed by atoms with Crippen LogP contribution in [0.3, 0.4) is 0 Å². The summed E-state index contributed by atoms with van der Waals surface area (Å²) in [6, 6.07) is -0.786. The lowest BCUT2D eigenvalue weighted by molar-refractivity contribution is -0.140. The number of likely N-dealkylation sites (N-methyl/N-ethyl adjacent to an activating group) is 1. The zero-order valence-electron chi connectivity index (χ0n) is 12.4. The number of carboxylic acid groups (broad SMARTS) is 1. The first-order valence-electron chi connectivity index (χ1n) is 6.68. The third-order valence-electron chi connectivity index (χ3n) is 3.73. The van der Waals surface area contributed by atoms with Gasteiger partial charge in [0.2, 0.25) is 0 Å². The van der Waals surface area contributed by atoms with Crippen LogP contribution in [-0.4, -0.2) is 66.2 Å². The number of likely N-dealkylation sites (tertiary alicyclic amines) is 1. The molecule has 2 unspecified atom stereocenters. The van der Waals surface area contributed by atoms with Crippen molar-refractivity contribution in [3.05, 3.63) is 0 Å². The highest BCUT2D eigenvalue weighted by atomic mass is 16.4. The average molecular weight is 271 g/mol. The molecule has 6 nitrogen and oxygen atoms in total. The lowest BCUT2D eigenvalue weighted by Gasteiger charge is -2.24. The fourth-order valence-corrected chi connectivity index (χ4v) is 2.53. The van der Waals surface area contributed by atoms with Crippen LogP contribution in [0.25, 0.3) is 0 Å². The zero-order valence-corrected chi connectivity index (χ0v) is 12.4. The van der Waals surface area contributed by atoms with E-state index in [9.17, 15) is 9.59 Å². The Morgan fingerprint density at radius 1 is 1.32 bits per heavy atom. The summed E-state index contributed by atoms with van der Waals surface area (Å²) in [4.78, 5) is 27.0. The first-order valence-corrected chi connectivity index (χ1v) is 6.68. The molecule has 2 amide bonds. The summed E-state index contributed by atoms with van der Waals surface area (Å²) >= 11 is 0. The van der Waals surface area contributed by atoms with Gasteiger partial charge in [0.1, 0.15) is 6.04 Å². The van der Waals surface area contributed by atoms with Gasteiger partial charge in [-0.05, 0) is 25.9 Å². The van der Waals surface area contributed by atoms with Crippen LogP contribution in [0.15, 0.2) is 0 Å². The number of amides is 2. The molecule has 1 fully saturated rings. The maximum Gasteiger partial charge on any atom is 0.326 e. The van der Waals surface area contributed by atoms with Gasteiger partial charge in [-0.25, -0.2) is 9.59 Å².